The molecule has 44 heavy (non-hydrogen) atoms. The van der Waals surface area contributed by atoms with Crippen molar-refractivity contribution in [1.82, 2.24) is 9.55 Å². The Hall–Kier alpha value is -5.13. The lowest BCUT2D eigenvalue weighted by molar-refractivity contribution is -0.112. The predicted molar refractivity (Wildman–Crippen MR) is 169 cm³/mol. The lowest BCUT2D eigenvalue weighted by Gasteiger charge is -2.12. The molecule has 0 aliphatic rings. The second-order valence-corrected chi connectivity index (χ2v) is 10.4. The van der Waals surface area contributed by atoms with Gasteiger partial charge in [0, 0.05) is 11.8 Å². The molecule has 2 heterocycles. The number of fused-ring (bicyclic) bond motifs is 1. The quantitative estimate of drug-likeness (QED) is 0.120. The summed E-state index contributed by atoms with van der Waals surface area (Å²) in [6, 6.07) is 24.7. The van der Waals surface area contributed by atoms with Crippen molar-refractivity contribution in [2.45, 2.75) is 13.0 Å². The van der Waals surface area contributed by atoms with Crippen LogP contribution in [-0.4, -0.2) is 26.6 Å². The molecule has 0 atom stereocenters. The maximum atomic E-state index is 13.1. The van der Waals surface area contributed by atoms with Gasteiger partial charge >= 0.3 is 0 Å². The van der Waals surface area contributed by atoms with E-state index in [1.807, 2.05) is 36.4 Å². The molecule has 0 spiro atoms. The van der Waals surface area contributed by atoms with Crippen molar-refractivity contribution >= 4 is 62.7 Å². The number of carbonyl (C=O) groups is 3. The summed E-state index contributed by atoms with van der Waals surface area (Å²) in [5.74, 6) is -0.181. The first-order valence-electron chi connectivity index (χ1n) is 12.9. The summed E-state index contributed by atoms with van der Waals surface area (Å²) in [6.45, 7) is 6.91. The molecule has 8 nitrogen and oxygen atoms in total. The van der Waals surface area contributed by atoms with Crippen molar-refractivity contribution < 1.29 is 27.9 Å². The largest absolute Gasteiger partial charge is 0.489 e. The number of nitrogens with zero attached hydrogens (tertiary/aromatic N) is 2. The van der Waals surface area contributed by atoms with Crippen LogP contribution in [0.2, 0.25) is 0 Å². The van der Waals surface area contributed by atoms with Crippen LogP contribution in [0, 0.1) is 0 Å². The topological polar surface area (TPSA) is 102 Å². The monoisotopic (exact) mass is 634 g/mol. The van der Waals surface area contributed by atoms with Crippen LogP contribution in [0.25, 0.3) is 16.7 Å². The zero-order valence-corrected chi connectivity index (χ0v) is 24.6. The Morgan fingerprint density at radius 1 is 0.955 bits per heavy atom. The van der Waals surface area contributed by atoms with E-state index in [9.17, 15) is 23.2 Å². The maximum absolute atomic E-state index is 13.1. The van der Waals surface area contributed by atoms with Gasteiger partial charge in [0.25, 0.3) is 12.3 Å². The number of allylic oxidation sites excluding steroid dienone is 1. The number of amides is 2. The number of hydrogen-bond acceptors (Lipinski definition) is 6. The number of hydrogen-bond donors (Lipinski definition) is 2. The van der Waals surface area contributed by atoms with Gasteiger partial charge in [0.1, 0.15) is 12.4 Å². The number of nitrogens with one attached hydrogen (secondary N) is 2. The molecule has 0 unspecified atom stereocenters. The number of anilines is 2. The van der Waals surface area contributed by atoms with Crippen molar-refractivity contribution in [3.8, 4) is 11.4 Å². The molecule has 0 bridgehead atoms. The number of benzene rings is 3. The summed E-state index contributed by atoms with van der Waals surface area (Å²) in [7, 11) is 0. The molecule has 5 rings (SSSR count). The molecule has 0 fully saturated rings. The molecular weight excluding hydrogens is 610 g/mol. The van der Waals surface area contributed by atoms with Crippen LogP contribution in [0.15, 0.2) is 110 Å². The van der Waals surface area contributed by atoms with Crippen LogP contribution >= 0.6 is 22.9 Å². The van der Waals surface area contributed by atoms with Gasteiger partial charge in [-0.15, -0.1) is 11.3 Å². The number of thiophene rings is 1. The normalized spacial score (nSPS) is 10.5. The summed E-state index contributed by atoms with van der Waals surface area (Å²) in [4.78, 5) is 38.9. The molecule has 0 saturated carbocycles. The zero-order chi connectivity index (χ0) is 31.6. The average Bonchev–Trinajstić information content (AvgIpc) is 3.66. The van der Waals surface area contributed by atoms with Gasteiger partial charge < -0.3 is 10.1 Å². The second-order valence-electron chi connectivity index (χ2n) is 8.90. The first-order chi connectivity index (χ1) is 21.2. The first kappa shape index (κ1) is 31.8. The fourth-order valence-corrected chi connectivity index (χ4v) is 4.67. The molecular formula is C32H25ClF2N4O4S. The SMILES string of the molecule is C=CC(=O)Cl.C=CC(=O)Nc1cccc(-n2c(NC(=O)c3ccc(C(F)F)s3)nc3cc(OCc4ccccc4)ccc32)c1. The highest BCUT2D eigenvalue weighted by Crippen LogP contribution is 2.31. The third kappa shape index (κ3) is 8.24. The summed E-state index contributed by atoms with van der Waals surface area (Å²) < 4.78 is 33.8. The fourth-order valence-electron chi connectivity index (χ4n) is 3.91. The lowest BCUT2D eigenvalue weighted by Crippen LogP contribution is -2.14. The Kier molecular flexibility index (Phi) is 10.7. The van der Waals surface area contributed by atoms with Gasteiger partial charge in [-0.05, 0) is 71.8 Å². The lowest BCUT2D eigenvalue weighted by atomic mass is 10.2. The van der Waals surface area contributed by atoms with Crippen LogP contribution in [0.3, 0.4) is 0 Å². The molecule has 2 N–H and O–H groups in total. The number of aromatic nitrogens is 2. The van der Waals surface area contributed by atoms with Gasteiger partial charge in [-0.2, -0.15) is 0 Å². The molecule has 12 heteroatoms. The van der Waals surface area contributed by atoms with Gasteiger partial charge in [-0.3, -0.25) is 24.3 Å². The van der Waals surface area contributed by atoms with E-state index in [0.29, 0.717) is 34.8 Å². The smallest absolute Gasteiger partial charge is 0.272 e. The van der Waals surface area contributed by atoms with E-state index in [0.717, 1.165) is 29.1 Å². The average molecular weight is 635 g/mol. The molecule has 224 valence electrons. The summed E-state index contributed by atoms with van der Waals surface area (Å²) in [5.41, 5.74) is 3.32. The van der Waals surface area contributed by atoms with Crippen molar-refractivity contribution in [1.29, 1.82) is 0 Å². The molecule has 0 aliphatic carbocycles. The third-order valence-corrected chi connectivity index (χ3v) is 7.13. The molecule has 2 amide bonds. The van der Waals surface area contributed by atoms with Gasteiger partial charge in [0.15, 0.2) is 0 Å². The Labute approximate surface area is 260 Å². The minimum atomic E-state index is -2.66. The third-order valence-electron chi connectivity index (χ3n) is 5.88. The highest BCUT2D eigenvalue weighted by Gasteiger charge is 2.20. The Morgan fingerprint density at radius 2 is 1.70 bits per heavy atom. The van der Waals surface area contributed by atoms with Crippen LogP contribution in [0.1, 0.15) is 26.5 Å². The van der Waals surface area contributed by atoms with Crippen LogP contribution in [-0.2, 0) is 16.2 Å². The van der Waals surface area contributed by atoms with Crippen molar-refractivity contribution in [3.63, 3.8) is 0 Å². The van der Waals surface area contributed by atoms with Gasteiger partial charge in [-0.1, -0.05) is 49.6 Å². The minimum absolute atomic E-state index is 0.128. The van der Waals surface area contributed by atoms with Crippen molar-refractivity contribution in [2.24, 2.45) is 0 Å². The van der Waals surface area contributed by atoms with Gasteiger partial charge in [-0.25, -0.2) is 13.8 Å². The second kappa shape index (κ2) is 14.9. The number of ether oxygens (including phenoxy) is 1. The molecule has 5 aromatic rings. The van der Waals surface area contributed by atoms with E-state index in [-0.39, 0.29) is 21.6 Å². The number of rotatable bonds is 10. The van der Waals surface area contributed by atoms with Crippen molar-refractivity contribution in [2.75, 3.05) is 10.6 Å². The highest BCUT2D eigenvalue weighted by molar-refractivity contribution is 7.14. The molecule has 0 radical (unpaired) electrons. The van der Waals surface area contributed by atoms with Crippen LogP contribution in [0.5, 0.6) is 5.75 Å². The first-order valence-corrected chi connectivity index (χ1v) is 14.1. The molecule has 0 saturated heterocycles. The zero-order valence-electron chi connectivity index (χ0n) is 23.0. The number of alkyl halides is 2. The number of halogens is 3. The van der Waals surface area contributed by atoms with E-state index in [2.05, 4.69) is 28.8 Å². The van der Waals surface area contributed by atoms with Gasteiger partial charge in [0.05, 0.1) is 26.5 Å². The minimum Gasteiger partial charge on any atom is -0.489 e. The Balaban J connectivity index is 0.000000818. The number of carbonyl (C=O) groups excluding carboxylic acids is 3. The van der Waals surface area contributed by atoms with E-state index in [1.165, 1.54) is 12.1 Å². The predicted octanol–water partition coefficient (Wildman–Crippen LogP) is 7.92. The summed E-state index contributed by atoms with van der Waals surface area (Å²) >= 11 is 5.42. The Bertz CT molecular complexity index is 1820. The van der Waals surface area contributed by atoms with E-state index in [1.54, 1.807) is 41.0 Å². The Morgan fingerprint density at radius 3 is 2.36 bits per heavy atom. The van der Waals surface area contributed by atoms with E-state index >= 15 is 0 Å². The fraction of sp³-hybridized carbons (Fsp3) is 0.0625. The summed E-state index contributed by atoms with van der Waals surface area (Å²) in [6.07, 6.45) is -0.457. The summed E-state index contributed by atoms with van der Waals surface area (Å²) in [5, 5.41) is 4.96. The van der Waals surface area contributed by atoms with Gasteiger partial charge in [0.2, 0.25) is 17.1 Å². The molecule has 3 aromatic carbocycles. The van der Waals surface area contributed by atoms with Crippen LogP contribution < -0.4 is 15.4 Å². The van der Waals surface area contributed by atoms with Crippen molar-refractivity contribution in [3.05, 3.63) is 126 Å². The van der Waals surface area contributed by atoms with E-state index < -0.39 is 17.6 Å². The van der Waals surface area contributed by atoms with Crippen LogP contribution in [0.4, 0.5) is 20.4 Å². The standard InChI is InChI=1S/C29H22F2N4O3S.C3H3ClO/c1-2-26(36)32-19-9-6-10-20(15-19)35-23-12-11-21(38-17-18-7-4-3-5-8-18)16-22(23)33-29(35)34-28(37)25-14-13-24(39-25)27(30)31;1-2-3(4)5/h2-16,27H,1,17H2,(H,32,36)(H,33,34,37);2H,1H2. The maximum Gasteiger partial charge on any atom is 0.272 e. The van der Waals surface area contributed by atoms with E-state index in [4.69, 9.17) is 16.3 Å². The molecule has 0 aliphatic heterocycles. The highest BCUT2D eigenvalue weighted by atomic mass is 35.5. The number of imidazole rings is 1. The molecule has 2 aromatic heterocycles.